The normalized spacial score (nSPS) is 15.2. The number of carbonyl (C=O) groups is 1. The molecule has 0 radical (unpaired) electrons. The molecule has 1 aliphatic rings. The van der Waals surface area contributed by atoms with Crippen molar-refractivity contribution in [2.45, 2.75) is 44.7 Å². The molecule has 1 atom stereocenters. The number of amides is 1. The Hall–Kier alpha value is -2.57. The van der Waals surface area contributed by atoms with Crippen molar-refractivity contribution in [2.24, 2.45) is 5.73 Å². The molecule has 0 bridgehead atoms. The minimum absolute atomic E-state index is 0.0384. The maximum absolute atomic E-state index is 12.9. The third-order valence-corrected chi connectivity index (χ3v) is 7.21. The van der Waals surface area contributed by atoms with E-state index >= 15 is 0 Å². The molecule has 1 aromatic heterocycles. The Bertz CT molecular complexity index is 1090. The van der Waals surface area contributed by atoms with Crippen LogP contribution in [0.15, 0.2) is 41.8 Å². The van der Waals surface area contributed by atoms with Gasteiger partial charge in [-0.2, -0.15) is 0 Å². The Kier molecular flexibility index (Phi) is 6.21. The van der Waals surface area contributed by atoms with Gasteiger partial charge in [0, 0.05) is 28.9 Å². The van der Waals surface area contributed by atoms with Gasteiger partial charge < -0.3 is 20.1 Å². The first kappa shape index (κ1) is 21.7. The van der Waals surface area contributed by atoms with E-state index in [0.29, 0.717) is 30.2 Å². The van der Waals surface area contributed by atoms with Gasteiger partial charge in [0.1, 0.15) is 0 Å². The van der Waals surface area contributed by atoms with Crippen molar-refractivity contribution in [2.75, 3.05) is 20.8 Å². The summed E-state index contributed by atoms with van der Waals surface area (Å²) in [5.74, 6) is 1.28. The molecule has 31 heavy (non-hydrogen) atoms. The highest BCUT2D eigenvalue weighted by Gasteiger charge is 2.30. The first-order valence-electron chi connectivity index (χ1n) is 10.7. The third kappa shape index (κ3) is 4.55. The Morgan fingerprint density at radius 1 is 1.13 bits per heavy atom. The van der Waals surface area contributed by atoms with E-state index in [1.165, 1.54) is 15.6 Å². The summed E-state index contributed by atoms with van der Waals surface area (Å²) >= 11 is 1.81. The first-order valence-corrected chi connectivity index (χ1v) is 11.6. The summed E-state index contributed by atoms with van der Waals surface area (Å²) in [5.41, 5.74) is 9.38. The molecule has 0 saturated carbocycles. The second kappa shape index (κ2) is 8.89. The number of nitrogens with zero attached hydrogens (tertiary/aromatic N) is 1. The summed E-state index contributed by atoms with van der Waals surface area (Å²) in [6.07, 6.45) is 3.76. The van der Waals surface area contributed by atoms with Crippen LogP contribution in [0.5, 0.6) is 11.5 Å². The lowest BCUT2D eigenvalue weighted by molar-refractivity contribution is 0.0766. The number of nitrogens with two attached hydrogens (primary N) is 1. The van der Waals surface area contributed by atoms with Crippen LogP contribution in [0.1, 0.15) is 47.7 Å². The number of fused-ring (bicyclic) bond motifs is 2. The highest BCUT2D eigenvalue weighted by Crippen LogP contribution is 2.35. The predicted octanol–water partition coefficient (Wildman–Crippen LogP) is 5.00. The number of rotatable bonds is 9. The van der Waals surface area contributed by atoms with Gasteiger partial charge in [-0.15, -0.1) is 11.3 Å². The average molecular weight is 439 g/mol. The molecular formula is C25H30N2O3S. The molecule has 5 nitrogen and oxygen atoms in total. The van der Waals surface area contributed by atoms with Gasteiger partial charge in [0.2, 0.25) is 0 Å². The fourth-order valence-corrected chi connectivity index (χ4v) is 5.30. The van der Waals surface area contributed by atoms with Crippen LogP contribution in [-0.2, 0) is 13.0 Å². The van der Waals surface area contributed by atoms with Crippen molar-refractivity contribution < 1.29 is 14.3 Å². The van der Waals surface area contributed by atoms with E-state index in [9.17, 15) is 4.79 Å². The van der Waals surface area contributed by atoms with E-state index in [-0.39, 0.29) is 11.4 Å². The highest BCUT2D eigenvalue weighted by atomic mass is 32.1. The van der Waals surface area contributed by atoms with Gasteiger partial charge in [-0.3, -0.25) is 4.79 Å². The number of hydrogen-bond acceptors (Lipinski definition) is 5. The van der Waals surface area contributed by atoms with Crippen molar-refractivity contribution >= 4 is 27.3 Å². The van der Waals surface area contributed by atoms with Gasteiger partial charge in [0.25, 0.3) is 5.91 Å². The van der Waals surface area contributed by atoms with Crippen LogP contribution in [0.4, 0.5) is 0 Å². The topological polar surface area (TPSA) is 64.8 Å². The second-order valence-electron chi connectivity index (χ2n) is 8.61. The van der Waals surface area contributed by atoms with Gasteiger partial charge in [-0.1, -0.05) is 18.2 Å². The maximum Gasteiger partial charge on any atom is 0.254 e. The zero-order chi connectivity index (χ0) is 22.0. The molecule has 0 spiro atoms. The van der Waals surface area contributed by atoms with Crippen LogP contribution >= 0.6 is 11.3 Å². The molecule has 4 rings (SSSR count). The van der Waals surface area contributed by atoms with Gasteiger partial charge in [-0.05, 0) is 72.7 Å². The fourth-order valence-electron chi connectivity index (χ4n) is 4.30. The molecule has 0 aliphatic carbocycles. The zero-order valence-electron chi connectivity index (χ0n) is 18.4. The van der Waals surface area contributed by atoms with Crippen LogP contribution in [0.2, 0.25) is 0 Å². The summed E-state index contributed by atoms with van der Waals surface area (Å²) in [5, 5.41) is 3.62. The number of methoxy groups -OCH3 is 2. The number of aryl methyl sites for hydroxylation is 1. The van der Waals surface area contributed by atoms with Crippen LogP contribution in [0.25, 0.3) is 10.1 Å². The molecule has 1 amide bonds. The summed E-state index contributed by atoms with van der Waals surface area (Å²) in [6.45, 7) is 3.33. The van der Waals surface area contributed by atoms with Crippen molar-refractivity contribution in [3.8, 4) is 11.5 Å². The number of ether oxygens (including phenoxy) is 2. The Balaban J connectivity index is 1.32. The van der Waals surface area contributed by atoms with Crippen LogP contribution in [-0.4, -0.2) is 37.1 Å². The molecule has 3 aromatic rings. The van der Waals surface area contributed by atoms with Crippen molar-refractivity contribution in [3.05, 3.63) is 58.5 Å². The molecule has 1 aliphatic heterocycles. The Morgan fingerprint density at radius 3 is 2.65 bits per heavy atom. The molecule has 1 unspecified atom stereocenters. The summed E-state index contributed by atoms with van der Waals surface area (Å²) in [7, 11) is 3.19. The fraction of sp³-hybridized carbons (Fsp3) is 0.400. The number of carbonyl (C=O) groups excluding carboxylic acids is 1. The minimum Gasteiger partial charge on any atom is -0.493 e. The number of hydrogen-bond donors (Lipinski definition) is 1. The molecule has 2 N–H and O–H groups in total. The molecule has 164 valence electrons. The van der Waals surface area contributed by atoms with E-state index in [0.717, 1.165) is 31.2 Å². The highest BCUT2D eigenvalue weighted by molar-refractivity contribution is 7.17. The van der Waals surface area contributed by atoms with Gasteiger partial charge in [-0.25, -0.2) is 0 Å². The van der Waals surface area contributed by atoms with Crippen molar-refractivity contribution in [1.82, 2.24) is 4.90 Å². The molecule has 0 saturated heterocycles. The molecular weight excluding hydrogens is 408 g/mol. The van der Waals surface area contributed by atoms with E-state index in [4.69, 9.17) is 15.2 Å². The lowest BCUT2D eigenvalue weighted by atomic mass is 9.91. The number of thiophene rings is 1. The monoisotopic (exact) mass is 438 g/mol. The van der Waals surface area contributed by atoms with Gasteiger partial charge in [0.15, 0.2) is 11.5 Å². The maximum atomic E-state index is 12.9. The van der Waals surface area contributed by atoms with E-state index < -0.39 is 0 Å². The van der Waals surface area contributed by atoms with E-state index in [1.54, 1.807) is 31.6 Å². The van der Waals surface area contributed by atoms with Crippen molar-refractivity contribution in [1.29, 1.82) is 0 Å². The van der Waals surface area contributed by atoms with E-state index in [2.05, 4.69) is 36.6 Å². The Labute approximate surface area is 187 Å². The quantitative estimate of drug-likeness (QED) is 0.510. The SMILES string of the molecule is COc1cc2c(cc1OC)C(=O)N(CCC(C)(N)CCCc1csc3ccccc13)C2. The molecule has 2 heterocycles. The number of benzene rings is 2. The molecule has 0 fully saturated rings. The predicted molar refractivity (Wildman–Crippen MR) is 126 cm³/mol. The summed E-state index contributed by atoms with van der Waals surface area (Å²) in [6, 6.07) is 12.2. The molecule has 6 heteroatoms. The largest absolute Gasteiger partial charge is 0.493 e. The molecule has 2 aromatic carbocycles. The Morgan fingerprint density at radius 2 is 1.87 bits per heavy atom. The lowest BCUT2D eigenvalue weighted by Gasteiger charge is -2.27. The van der Waals surface area contributed by atoms with Gasteiger partial charge in [0.05, 0.1) is 14.2 Å². The lowest BCUT2D eigenvalue weighted by Crippen LogP contribution is -2.40. The van der Waals surface area contributed by atoms with Crippen molar-refractivity contribution in [3.63, 3.8) is 0 Å². The summed E-state index contributed by atoms with van der Waals surface area (Å²) < 4.78 is 12.1. The second-order valence-corrected chi connectivity index (χ2v) is 9.52. The van der Waals surface area contributed by atoms with Crippen LogP contribution in [0, 0.1) is 0 Å². The average Bonchev–Trinajstić information content (AvgIpc) is 3.32. The zero-order valence-corrected chi connectivity index (χ0v) is 19.3. The smallest absolute Gasteiger partial charge is 0.254 e. The first-order chi connectivity index (χ1) is 14.9. The minimum atomic E-state index is -0.309. The van der Waals surface area contributed by atoms with E-state index in [1.807, 2.05) is 11.0 Å². The standard InChI is InChI=1S/C25H30N2O3S/c1-25(26,10-6-7-17-16-31-23-9-5-4-8-19(17)23)11-12-27-15-18-13-21(29-2)22(30-3)14-20(18)24(27)28/h4-5,8-9,13-14,16H,6-7,10-12,15,26H2,1-3H3. The van der Waals surface area contributed by atoms with Gasteiger partial charge >= 0.3 is 0 Å². The van der Waals surface area contributed by atoms with Crippen LogP contribution in [0.3, 0.4) is 0 Å². The third-order valence-electron chi connectivity index (χ3n) is 6.20. The van der Waals surface area contributed by atoms with Crippen LogP contribution < -0.4 is 15.2 Å². The summed E-state index contributed by atoms with van der Waals surface area (Å²) in [4.78, 5) is 14.7.